The molecule has 1 aliphatic rings. The summed E-state index contributed by atoms with van der Waals surface area (Å²) in [6.45, 7) is 7.21. The van der Waals surface area contributed by atoms with Crippen LogP contribution in [0, 0.1) is 12.3 Å². The third-order valence-corrected chi connectivity index (χ3v) is 4.15. The van der Waals surface area contributed by atoms with Crippen molar-refractivity contribution in [3.63, 3.8) is 0 Å². The van der Waals surface area contributed by atoms with Crippen LogP contribution in [0.25, 0.3) is 0 Å². The van der Waals surface area contributed by atoms with E-state index < -0.39 is 23.8 Å². The number of nitrogens with one attached hydrogen (secondary N) is 1. The molecule has 0 radical (unpaired) electrons. The van der Waals surface area contributed by atoms with Crippen LogP contribution in [0.15, 0.2) is 24.3 Å². The molecule has 0 spiro atoms. The van der Waals surface area contributed by atoms with Crippen molar-refractivity contribution in [3.05, 3.63) is 35.4 Å². The smallest absolute Gasteiger partial charge is 0.411 e. The van der Waals surface area contributed by atoms with E-state index in [4.69, 9.17) is 11.2 Å². The molecule has 1 heterocycles. The fourth-order valence-electron chi connectivity index (χ4n) is 2.85. The summed E-state index contributed by atoms with van der Waals surface area (Å²) in [5, 5.41) is 12.8. The lowest BCUT2D eigenvalue weighted by Crippen LogP contribution is -2.48. The molecule has 2 amide bonds. The lowest BCUT2D eigenvalue weighted by atomic mass is 10.1. The summed E-state index contributed by atoms with van der Waals surface area (Å²) in [6.07, 6.45) is 4.19. The fourth-order valence-corrected chi connectivity index (χ4v) is 2.85. The Morgan fingerprint density at radius 3 is 2.50 bits per heavy atom. The first-order valence-electron chi connectivity index (χ1n) is 8.65. The largest absolute Gasteiger partial charge is 0.444 e. The molecule has 1 fully saturated rings. The molecule has 2 N–H and O–H groups in total. The van der Waals surface area contributed by atoms with E-state index >= 15 is 0 Å². The fraction of sp³-hybridized carbons (Fsp3) is 0.500. The molecule has 6 heteroatoms. The van der Waals surface area contributed by atoms with Crippen LogP contribution in [0.1, 0.15) is 51.3 Å². The third-order valence-electron chi connectivity index (χ3n) is 4.15. The molecule has 0 bridgehead atoms. The van der Waals surface area contributed by atoms with Crippen molar-refractivity contribution in [3.8, 4) is 12.3 Å². The number of carbonyl (C=O) groups excluding carboxylic acids is 2. The van der Waals surface area contributed by atoms with Gasteiger partial charge in [-0.1, -0.05) is 18.1 Å². The maximum atomic E-state index is 12.7. The number of terminal acetylenes is 1. The monoisotopic (exact) mass is 358 g/mol. The van der Waals surface area contributed by atoms with Gasteiger partial charge in [-0.3, -0.25) is 9.69 Å². The minimum Gasteiger partial charge on any atom is -0.444 e. The van der Waals surface area contributed by atoms with Gasteiger partial charge in [-0.15, -0.1) is 6.42 Å². The number of β-amino-alcohol motifs (C(OH)–C–C–N with tert-alkyl or cyclic N) is 1. The first-order chi connectivity index (χ1) is 12.1. The maximum absolute atomic E-state index is 12.7. The molecule has 3 atom stereocenters. The number of hydrogen-bond donors (Lipinski definition) is 2. The van der Waals surface area contributed by atoms with Gasteiger partial charge in [-0.05, 0) is 45.4 Å². The lowest BCUT2D eigenvalue weighted by molar-refractivity contribution is -0.126. The van der Waals surface area contributed by atoms with E-state index in [1.54, 1.807) is 20.8 Å². The molecular weight excluding hydrogens is 332 g/mol. The molecule has 0 saturated carbocycles. The topological polar surface area (TPSA) is 78.9 Å². The summed E-state index contributed by atoms with van der Waals surface area (Å²) in [4.78, 5) is 26.3. The third kappa shape index (κ3) is 4.99. The average Bonchev–Trinajstić information content (AvgIpc) is 2.95. The van der Waals surface area contributed by atoms with Crippen LogP contribution in [-0.2, 0) is 9.53 Å². The zero-order valence-corrected chi connectivity index (χ0v) is 15.7. The van der Waals surface area contributed by atoms with Gasteiger partial charge in [0.2, 0.25) is 5.91 Å². The first-order valence-corrected chi connectivity index (χ1v) is 8.65. The average molecular weight is 358 g/mol. The highest BCUT2D eigenvalue weighted by molar-refractivity contribution is 5.86. The van der Waals surface area contributed by atoms with Crippen LogP contribution < -0.4 is 5.32 Å². The summed E-state index contributed by atoms with van der Waals surface area (Å²) in [7, 11) is 0. The molecular formula is C20H26N2O4. The van der Waals surface area contributed by atoms with E-state index in [9.17, 15) is 14.7 Å². The van der Waals surface area contributed by atoms with Crippen LogP contribution in [0.3, 0.4) is 0 Å². The highest BCUT2D eigenvalue weighted by Crippen LogP contribution is 2.23. The second-order valence-electron chi connectivity index (χ2n) is 7.53. The number of hydrogen-bond acceptors (Lipinski definition) is 4. The van der Waals surface area contributed by atoms with Crippen LogP contribution in [0.4, 0.5) is 4.79 Å². The first kappa shape index (κ1) is 19.8. The number of likely N-dealkylation sites (tertiary alicyclic amines) is 1. The van der Waals surface area contributed by atoms with Crippen molar-refractivity contribution in [2.24, 2.45) is 0 Å². The van der Waals surface area contributed by atoms with Crippen molar-refractivity contribution in [1.82, 2.24) is 10.2 Å². The van der Waals surface area contributed by atoms with Gasteiger partial charge in [0.25, 0.3) is 0 Å². The van der Waals surface area contributed by atoms with Gasteiger partial charge in [0.1, 0.15) is 11.6 Å². The Morgan fingerprint density at radius 2 is 1.96 bits per heavy atom. The highest BCUT2D eigenvalue weighted by atomic mass is 16.6. The van der Waals surface area contributed by atoms with Crippen molar-refractivity contribution in [1.29, 1.82) is 0 Å². The zero-order valence-electron chi connectivity index (χ0n) is 15.7. The summed E-state index contributed by atoms with van der Waals surface area (Å²) in [5.74, 6) is 2.23. The van der Waals surface area contributed by atoms with Crippen LogP contribution >= 0.6 is 0 Å². The summed E-state index contributed by atoms with van der Waals surface area (Å²) in [6, 6.07) is 6.32. The molecule has 0 aliphatic carbocycles. The molecule has 2 rings (SSSR count). The quantitative estimate of drug-likeness (QED) is 0.812. The van der Waals surface area contributed by atoms with Crippen molar-refractivity contribution < 1.29 is 19.4 Å². The Kier molecular flexibility index (Phi) is 5.94. The van der Waals surface area contributed by atoms with Crippen molar-refractivity contribution in [2.75, 3.05) is 6.54 Å². The number of ether oxygens (including phenoxy) is 1. The molecule has 6 nitrogen and oxygen atoms in total. The van der Waals surface area contributed by atoms with E-state index in [0.29, 0.717) is 0 Å². The number of aliphatic hydroxyl groups excluding tert-OH is 1. The Balaban J connectivity index is 2.06. The standard InChI is InChI=1S/C20H26N2O4/c1-6-14-7-9-15(10-8-14)13(2)21-18(24)17-11-16(23)12-22(17)19(25)26-20(3,4)5/h1,7-10,13,16-17,23H,11-12H2,2-5H3,(H,21,24)/t13-,16+,17-/m0/s1. The Labute approximate surface area is 154 Å². The normalized spacial score (nSPS) is 21.0. The number of aliphatic hydroxyl groups is 1. The summed E-state index contributed by atoms with van der Waals surface area (Å²) >= 11 is 0. The number of rotatable bonds is 3. The van der Waals surface area contributed by atoms with E-state index in [0.717, 1.165) is 11.1 Å². The predicted octanol–water partition coefficient (Wildman–Crippen LogP) is 2.22. The molecule has 26 heavy (non-hydrogen) atoms. The van der Waals surface area contributed by atoms with Gasteiger partial charge in [0, 0.05) is 12.0 Å². The molecule has 0 aromatic heterocycles. The Bertz CT molecular complexity index is 700. The molecule has 1 saturated heterocycles. The van der Waals surface area contributed by atoms with Gasteiger partial charge in [0.05, 0.1) is 18.7 Å². The second-order valence-corrected chi connectivity index (χ2v) is 7.53. The van der Waals surface area contributed by atoms with E-state index in [2.05, 4.69) is 11.2 Å². The van der Waals surface area contributed by atoms with Crippen molar-refractivity contribution in [2.45, 2.75) is 57.9 Å². The van der Waals surface area contributed by atoms with Gasteiger partial charge in [-0.25, -0.2) is 4.79 Å². The van der Waals surface area contributed by atoms with E-state index in [1.165, 1.54) is 4.90 Å². The maximum Gasteiger partial charge on any atom is 0.411 e. The van der Waals surface area contributed by atoms with E-state index in [-0.39, 0.29) is 24.9 Å². The Hall–Kier alpha value is -2.52. The van der Waals surface area contributed by atoms with Crippen LogP contribution in [0.2, 0.25) is 0 Å². The molecule has 1 aromatic rings. The molecule has 0 unspecified atom stereocenters. The zero-order chi connectivity index (χ0) is 19.5. The lowest BCUT2D eigenvalue weighted by Gasteiger charge is -2.28. The van der Waals surface area contributed by atoms with Crippen LogP contribution in [-0.4, -0.2) is 46.3 Å². The highest BCUT2D eigenvalue weighted by Gasteiger charge is 2.41. The molecule has 1 aliphatic heterocycles. The minimum atomic E-state index is -0.757. The number of benzene rings is 1. The number of carbonyl (C=O) groups is 2. The molecule has 140 valence electrons. The minimum absolute atomic E-state index is 0.0816. The Morgan fingerprint density at radius 1 is 1.35 bits per heavy atom. The predicted molar refractivity (Wildman–Crippen MR) is 98.3 cm³/mol. The van der Waals surface area contributed by atoms with Crippen LogP contribution in [0.5, 0.6) is 0 Å². The van der Waals surface area contributed by atoms with Gasteiger partial charge in [-0.2, -0.15) is 0 Å². The van der Waals surface area contributed by atoms with Crippen molar-refractivity contribution >= 4 is 12.0 Å². The summed E-state index contributed by atoms with van der Waals surface area (Å²) < 4.78 is 5.34. The second kappa shape index (κ2) is 7.79. The van der Waals surface area contributed by atoms with E-state index in [1.807, 2.05) is 31.2 Å². The van der Waals surface area contributed by atoms with Gasteiger partial charge < -0.3 is 15.2 Å². The summed E-state index contributed by atoms with van der Waals surface area (Å²) in [5.41, 5.74) is 1.000. The van der Waals surface area contributed by atoms with Gasteiger partial charge >= 0.3 is 6.09 Å². The molecule has 1 aromatic carbocycles. The van der Waals surface area contributed by atoms with Gasteiger partial charge in [0.15, 0.2) is 0 Å². The number of nitrogens with zero attached hydrogens (tertiary/aromatic N) is 1. The SMILES string of the molecule is C#Cc1ccc([C@H](C)NC(=O)[C@@H]2C[C@@H](O)CN2C(=O)OC(C)(C)C)cc1. The number of amides is 2.